The normalized spacial score (nSPS) is 15.1. The van der Waals surface area contributed by atoms with Crippen LogP contribution < -0.4 is 4.90 Å². The van der Waals surface area contributed by atoms with Gasteiger partial charge in [0.1, 0.15) is 12.1 Å². The summed E-state index contributed by atoms with van der Waals surface area (Å²) in [6.45, 7) is 8.54. The second-order valence-electron chi connectivity index (χ2n) is 5.74. The number of aldehydes is 1. The molecule has 0 saturated carbocycles. The number of thioether (sulfide) groups is 1. The van der Waals surface area contributed by atoms with E-state index in [-0.39, 0.29) is 5.82 Å². The molecule has 122 valence electrons. The number of anilines is 1. The van der Waals surface area contributed by atoms with Crippen LogP contribution in [0.25, 0.3) is 4.85 Å². The van der Waals surface area contributed by atoms with Crippen LogP contribution in [0.4, 0.5) is 15.8 Å². The Kier molecular flexibility index (Phi) is 5.17. The predicted molar refractivity (Wildman–Crippen MR) is 95.6 cm³/mol. The minimum Gasteiger partial charge on any atom is -0.369 e. The van der Waals surface area contributed by atoms with Crippen LogP contribution in [0.1, 0.15) is 23.2 Å². The summed E-state index contributed by atoms with van der Waals surface area (Å²) in [7, 11) is 0. The van der Waals surface area contributed by atoms with Gasteiger partial charge < -0.3 is 4.90 Å². The molecule has 1 heterocycles. The predicted octanol–water partition coefficient (Wildman–Crippen LogP) is 4.95. The lowest BCUT2D eigenvalue weighted by Crippen LogP contribution is -2.35. The number of hydrogen-bond donors (Lipinski definition) is 0. The van der Waals surface area contributed by atoms with Gasteiger partial charge in [0.15, 0.2) is 5.69 Å². The number of hydrogen-bond acceptors (Lipinski definition) is 3. The molecular formula is C19H17FN2OS. The third-order valence-corrected chi connectivity index (χ3v) is 5.51. The Morgan fingerprint density at radius 1 is 1.17 bits per heavy atom. The van der Waals surface area contributed by atoms with Crippen LogP contribution in [0.2, 0.25) is 0 Å². The first-order valence-corrected chi connectivity index (χ1v) is 8.71. The zero-order valence-corrected chi connectivity index (χ0v) is 13.9. The van der Waals surface area contributed by atoms with Crippen LogP contribution in [0.15, 0.2) is 47.4 Å². The molecular weight excluding hydrogens is 323 g/mol. The van der Waals surface area contributed by atoms with Crippen molar-refractivity contribution in [2.45, 2.75) is 23.0 Å². The van der Waals surface area contributed by atoms with Crippen molar-refractivity contribution in [2.24, 2.45) is 0 Å². The van der Waals surface area contributed by atoms with Gasteiger partial charge in [-0.3, -0.25) is 4.79 Å². The van der Waals surface area contributed by atoms with Gasteiger partial charge in [0.25, 0.3) is 0 Å². The molecule has 2 aromatic carbocycles. The second kappa shape index (κ2) is 7.50. The van der Waals surface area contributed by atoms with Gasteiger partial charge in [-0.15, -0.1) is 11.8 Å². The van der Waals surface area contributed by atoms with E-state index in [9.17, 15) is 9.18 Å². The molecule has 0 N–H and O–H groups in total. The van der Waals surface area contributed by atoms with Gasteiger partial charge >= 0.3 is 0 Å². The topological polar surface area (TPSA) is 24.7 Å². The van der Waals surface area contributed by atoms with Crippen molar-refractivity contribution in [1.82, 2.24) is 0 Å². The third-order valence-electron chi connectivity index (χ3n) is 4.16. The number of nitrogens with zero attached hydrogens (tertiary/aromatic N) is 2. The Hall–Kier alpha value is -2.32. The molecule has 1 fully saturated rings. The molecule has 0 aromatic heterocycles. The zero-order chi connectivity index (χ0) is 16.9. The van der Waals surface area contributed by atoms with Crippen molar-refractivity contribution >= 4 is 29.4 Å². The molecule has 2 aromatic rings. The maximum Gasteiger partial charge on any atom is 0.190 e. The molecule has 3 nitrogen and oxygen atoms in total. The van der Waals surface area contributed by atoms with Crippen molar-refractivity contribution < 1.29 is 9.18 Å². The lowest BCUT2D eigenvalue weighted by molar-refractivity contribution is 0.112. The van der Waals surface area contributed by atoms with Crippen LogP contribution in [-0.4, -0.2) is 24.6 Å². The van der Waals surface area contributed by atoms with Crippen LogP contribution in [-0.2, 0) is 0 Å². The number of rotatable bonds is 4. The average molecular weight is 340 g/mol. The summed E-state index contributed by atoms with van der Waals surface area (Å²) in [5, 5.41) is 0.494. The Morgan fingerprint density at radius 3 is 2.46 bits per heavy atom. The Labute approximate surface area is 145 Å². The fourth-order valence-electron chi connectivity index (χ4n) is 2.85. The number of carbonyl (C=O) groups is 1. The number of benzene rings is 2. The van der Waals surface area contributed by atoms with E-state index in [1.165, 1.54) is 6.07 Å². The Morgan fingerprint density at radius 2 is 1.88 bits per heavy atom. The fraction of sp³-hybridized carbons (Fsp3) is 0.263. The van der Waals surface area contributed by atoms with Crippen LogP contribution in [0, 0.1) is 12.4 Å². The summed E-state index contributed by atoms with van der Waals surface area (Å²) >= 11 is 1.82. The van der Waals surface area contributed by atoms with Gasteiger partial charge in [-0.2, -0.15) is 0 Å². The van der Waals surface area contributed by atoms with Gasteiger partial charge in [0, 0.05) is 28.8 Å². The summed E-state index contributed by atoms with van der Waals surface area (Å²) in [6, 6.07) is 12.3. The average Bonchev–Trinajstić information content (AvgIpc) is 2.63. The van der Waals surface area contributed by atoms with Crippen LogP contribution >= 0.6 is 11.8 Å². The van der Waals surface area contributed by atoms with E-state index in [1.54, 1.807) is 12.1 Å². The van der Waals surface area contributed by atoms with E-state index in [0.717, 1.165) is 37.1 Å². The highest BCUT2D eigenvalue weighted by Crippen LogP contribution is 2.33. The fourth-order valence-corrected chi connectivity index (χ4v) is 3.98. The zero-order valence-electron chi connectivity index (χ0n) is 13.1. The quantitative estimate of drug-likeness (QED) is 0.581. The monoisotopic (exact) mass is 340 g/mol. The third kappa shape index (κ3) is 3.77. The highest BCUT2D eigenvalue weighted by molar-refractivity contribution is 8.00. The number of halogens is 1. The minimum atomic E-state index is -0.320. The molecule has 3 rings (SSSR count). The molecule has 0 unspecified atom stereocenters. The minimum absolute atomic E-state index is 0.320. The maximum atomic E-state index is 14.1. The molecule has 1 saturated heterocycles. The van der Waals surface area contributed by atoms with E-state index in [4.69, 9.17) is 6.57 Å². The molecule has 24 heavy (non-hydrogen) atoms. The van der Waals surface area contributed by atoms with Crippen LogP contribution in [0.3, 0.4) is 0 Å². The summed E-state index contributed by atoms with van der Waals surface area (Å²) < 4.78 is 14.1. The summed E-state index contributed by atoms with van der Waals surface area (Å²) in [6.07, 6.45) is 2.80. The Balaban J connectivity index is 1.59. The molecule has 0 radical (unpaired) electrons. The first-order chi connectivity index (χ1) is 11.7. The van der Waals surface area contributed by atoms with Gasteiger partial charge in [-0.25, -0.2) is 9.24 Å². The molecule has 0 atom stereocenters. The van der Waals surface area contributed by atoms with E-state index < -0.39 is 0 Å². The lowest BCUT2D eigenvalue weighted by Gasteiger charge is -2.33. The highest BCUT2D eigenvalue weighted by Gasteiger charge is 2.22. The lowest BCUT2D eigenvalue weighted by atomic mass is 10.1. The smallest absolute Gasteiger partial charge is 0.190 e. The van der Waals surface area contributed by atoms with Crippen molar-refractivity contribution in [3.63, 3.8) is 0 Å². The largest absolute Gasteiger partial charge is 0.369 e. The molecule has 0 amide bonds. The molecule has 0 bridgehead atoms. The SMILES string of the molecule is [C-]#[N+]c1ccc(N2CCC(Sc3ccc(C=O)cc3)CC2)c(F)c1. The molecule has 0 spiro atoms. The summed E-state index contributed by atoms with van der Waals surface area (Å²) in [4.78, 5) is 17.2. The molecule has 1 aliphatic rings. The van der Waals surface area contributed by atoms with Crippen molar-refractivity contribution in [1.29, 1.82) is 0 Å². The standard InChI is InChI=1S/C19H17FN2OS/c1-21-15-4-7-19(18(20)12-15)22-10-8-17(9-11-22)24-16-5-2-14(13-23)3-6-16/h2-7,12-13,17H,8-11H2. The first kappa shape index (κ1) is 16.5. The van der Waals surface area contributed by atoms with E-state index in [1.807, 2.05) is 36.0 Å². The van der Waals surface area contributed by atoms with Crippen molar-refractivity contribution in [3.05, 3.63) is 65.3 Å². The van der Waals surface area contributed by atoms with Gasteiger partial charge in [-0.05, 0) is 37.1 Å². The van der Waals surface area contributed by atoms with E-state index >= 15 is 0 Å². The summed E-state index contributed by atoms with van der Waals surface area (Å²) in [5.41, 5.74) is 1.61. The second-order valence-corrected chi connectivity index (χ2v) is 7.11. The number of carbonyl (C=O) groups excluding carboxylic acids is 1. The highest BCUT2D eigenvalue weighted by atomic mass is 32.2. The van der Waals surface area contributed by atoms with Gasteiger partial charge in [0.2, 0.25) is 0 Å². The molecule has 1 aliphatic heterocycles. The maximum absolute atomic E-state index is 14.1. The molecule has 5 heteroatoms. The van der Waals surface area contributed by atoms with Crippen molar-refractivity contribution in [3.8, 4) is 0 Å². The first-order valence-electron chi connectivity index (χ1n) is 7.83. The van der Waals surface area contributed by atoms with Crippen LogP contribution in [0.5, 0.6) is 0 Å². The number of piperidine rings is 1. The molecule has 0 aliphatic carbocycles. The Bertz CT molecular complexity index is 762. The van der Waals surface area contributed by atoms with Gasteiger partial charge in [-0.1, -0.05) is 18.2 Å². The van der Waals surface area contributed by atoms with E-state index in [2.05, 4.69) is 9.74 Å². The summed E-state index contributed by atoms with van der Waals surface area (Å²) in [5.74, 6) is -0.320. The van der Waals surface area contributed by atoms with Gasteiger partial charge in [0.05, 0.1) is 12.3 Å². The van der Waals surface area contributed by atoms with Crippen molar-refractivity contribution in [2.75, 3.05) is 18.0 Å². The van der Waals surface area contributed by atoms with E-state index in [0.29, 0.717) is 22.2 Å².